The van der Waals surface area contributed by atoms with Crippen LogP contribution in [-0.4, -0.2) is 45.0 Å². The van der Waals surface area contributed by atoms with Crippen LogP contribution < -0.4 is 5.32 Å². The van der Waals surface area contributed by atoms with Gasteiger partial charge in [0.2, 0.25) is 5.95 Å². The number of ether oxygens (including phenoxy) is 1. The Bertz CT molecular complexity index is 393. The number of anilines is 1. The third-order valence-electron chi connectivity index (χ3n) is 2.72. The van der Waals surface area contributed by atoms with Gasteiger partial charge in [0.05, 0.1) is 5.69 Å². The van der Waals surface area contributed by atoms with E-state index in [0.717, 1.165) is 37.8 Å². The summed E-state index contributed by atoms with van der Waals surface area (Å²) >= 11 is 0. The Morgan fingerprint density at radius 3 is 2.95 bits per heavy atom. The molecule has 0 aliphatic rings. The van der Waals surface area contributed by atoms with Crippen LogP contribution in [0.1, 0.15) is 26.0 Å². The summed E-state index contributed by atoms with van der Waals surface area (Å²) in [5, 5.41) is 3.26. The van der Waals surface area contributed by atoms with Gasteiger partial charge >= 0.3 is 0 Å². The fourth-order valence-corrected chi connectivity index (χ4v) is 2.38. The summed E-state index contributed by atoms with van der Waals surface area (Å²) in [5.74, 6) is 2.24. The number of aromatic nitrogens is 2. The van der Waals surface area contributed by atoms with Crippen molar-refractivity contribution in [3.05, 3.63) is 11.9 Å². The average Bonchev–Trinajstić information content (AvgIpc) is 2.75. The molecule has 1 aromatic heterocycles. The van der Waals surface area contributed by atoms with Crippen LogP contribution in [0.3, 0.4) is 0 Å². The first kappa shape index (κ1) is 16.2. The Morgan fingerprint density at radius 1 is 1.47 bits per heavy atom. The normalized spacial score (nSPS) is 12.6. The van der Waals surface area contributed by atoms with E-state index in [1.165, 1.54) is 0 Å². The van der Waals surface area contributed by atoms with Gasteiger partial charge in [-0.2, -0.15) is 0 Å². The van der Waals surface area contributed by atoms with E-state index in [2.05, 4.69) is 14.9 Å². The SMILES string of the molecule is CCOCCCn1cc(C)nc1NCCS(=O)CC. The van der Waals surface area contributed by atoms with Gasteiger partial charge in [0, 0.05) is 54.8 Å². The van der Waals surface area contributed by atoms with E-state index >= 15 is 0 Å². The van der Waals surface area contributed by atoms with Crippen LogP contribution >= 0.6 is 0 Å². The number of imidazole rings is 1. The van der Waals surface area contributed by atoms with Crippen LogP contribution in [0.4, 0.5) is 5.95 Å². The first-order valence-corrected chi connectivity index (χ1v) is 8.36. The first-order chi connectivity index (χ1) is 9.17. The lowest BCUT2D eigenvalue weighted by Crippen LogP contribution is -2.15. The van der Waals surface area contributed by atoms with E-state index in [1.54, 1.807) is 0 Å². The molecule has 0 amide bonds. The second-order valence-electron chi connectivity index (χ2n) is 4.31. The molecule has 0 fully saturated rings. The van der Waals surface area contributed by atoms with E-state index < -0.39 is 10.8 Å². The molecule has 0 aliphatic carbocycles. The number of nitrogens with zero attached hydrogens (tertiary/aromatic N) is 2. The Labute approximate surface area is 118 Å². The van der Waals surface area contributed by atoms with Gasteiger partial charge < -0.3 is 14.6 Å². The zero-order chi connectivity index (χ0) is 14.1. The molecule has 1 rings (SSSR count). The highest BCUT2D eigenvalue weighted by Crippen LogP contribution is 2.09. The molecule has 1 heterocycles. The second kappa shape index (κ2) is 9.09. The van der Waals surface area contributed by atoms with Crippen molar-refractivity contribution in [2.45, 2.75) is 33.7 Å². The second-order valence-corrected chi connectivity index (χ2v) is 6.17. The zero-order valence-electron chi connectivity index (χ0n) is 12.1. The minimum Gasteiger partial charge on any atom is -0.382 e. The summed E-state index contributed by atoms with van der Waals surface area (Å²) in [6.45, 7) is 9.04. The first-order valence-electron chi connectivity index (χ1n) is 6.87. The van der Waals surface area contributed by atoms with E-state index in [1.807, 2.05) is 27.0 Å². The molecule has 0 radical (unpaired) electrons. The Hall–Kier alpha value is -0.880. The summed E-state index contributed by atoms with van der Waals surface area (Å²) < 4.78 is 18.8. The molecule has 1 unspecified atom stereocenters. The van der Waals surface area contributed by atoms with Crippen molar-refractivity contribution in [2.75, 3.05) is 36.6 Å². The number of rotatable bonds is 10. The molecule has 6 heteroatoms. The summed E-state index contributed by atoms with van der Waals surface area (Å²) in [6, 6.07) is 0. The van der Waals surface area contributed by atoms with Gasteiger partial charge in [-0.15, -0.1) is 0 Å². The molecule has 1 N–H and O–H groups in total. The van der Waals surface area contributed by atoms with Gasteiger partial charge in [-0.05, 0) is 20.3 Å². The van der Waals surface area contributed by atoms with Gasteiger partial charge in [0.25, 0.3) is 0 Å². The van der Waals surface area contributed by atoms with Crippen LogP contribution in [0.25, 0.3) is 0 Å². The summed E-state index contributed by atoms with van der Waals surface area (Å²) in [5.41, 5.74) is 0.996. The quantitative estimate of drug-likeness (QED) is 0.667. The van der Waals surface area contributed by atoms with Crippen molar-refractivity contribution in [2.24, 2.45) is 0 Å². The fourth-order valence-electron chi connectivity index (χ4n) is 1.76. The average molecular weight is 287 g/mol. The summed E-state index contributed by atoms with van der Waals surface area (Å²) in [6.07, 6.45) is 3.00. The minimum absolute atomic E-state index is 0.668. The van der Waals surface area contributed by atoms with E-state index in [-0.39, 0.29) is 0 Å². The minimum atomic E-state index is -0.728. The molecule has 0 aliphatic heterocycles. The van der Waals surface area contributed by atoms with Crippen molar-refractivity contribution >= 4 is 16.7 Å². The van der Waals surface area contributed by atoms with Gasteiger partial charge in [-0.1, -0.05) is 6.92 Å². The van der Waals surface area contributed by atoms with Gasteiger partial charge in [-0.3, -0.25) is 4.21 Å². The number of hydrogen-bond acceptors (Lipinski definition) is 4. The predicted molar refractivity (Wildman–Crippen MR) is 80.1 cm³/mol. The molecule has 5 nitrogen and oxygen atoms in total. The van der Waals surface area contributed by atoms with Crippen molar-refractivity contribution in [3.8, 4) is 0 Å². The highest BCUT2D eigenvalue weighted by atomic mass is 32.2. The number of aryl methyl sites for hydroxylation is 2. The molecular weight excluding hydrogens is 262 g/mol. The van der Waals surface area contributed by atoms with Crippen molar-refractivity contribution in [1.29, 1.82) is 0 Å². The van der Waals surface area contributed by atoms with Crippen LogP contribution in [0.2, 0.25) is 0 Å². The third kappa shape index (κ3) is 6.20. The standard InChI is InChI=1S/C13H25N3O2S/c1-4-18-9-6-8-16-11-12(3)15-13(16)14-7-10-19(17)5-2/h11H,4-10H2,1-3H3,(H,14,15). The maximum absolute atomic E-state index is 11.4. The maximum atomic E-state index is 11.4. The number of hydrogen-bond donors (Lipinski definition) is 1. The summed E-state index contributed by atoms with van der Waals surface area (Å²) in [4.78, 5) is 4.44. The molecule has 1 atom stereocenters. The molecule has 0 saturated heterocycles. The zero-order valence-corrected chi connectivity index (χ0v) is 13.0. The highest BCUT2D eigenvalue weighted by molar-refractivity contribution is 7.84. The van der Waals surface area contributed by atoms with Gasteiger partial charge in [0.15, 0.2) is 0 Å². The van der Waals surface area contributed by atoms with Crippen molar-refractivity contribution in [1.82, 2.24) is 9.55 Å². The molecule has 110 valence electrons. The van der Waals surface area contributed by atoms with Crippen LogP contribution in [0.5, 0.6) is 0 Å². The van der Waals surface area contributed by atoms with Crippen molar-refractivity contribution in [3.63, 3.8) is 0 Å². The molecule has 0 saturated carbocycles. The number of nitrogens with one attached hydrogen (secondary N) is 1. The molecular formula is C13H25N3O2S. The van der Waals surface area contributed by atoms with E-state index in [9.17, 15) is 4.21 Å². The molecule has 19 heavy (non-hydrogen) atoms. The molecule has 0 bridgehead atoms. The Morgan fingerprint density at radius 2 is 2.26 bits per heavy atom. The van der Waals surface area contributed by atoms with Gasteiger partial charge in [0.1, 0.15) is 0 Å². The Balaban J connectivity index is 2.41. The molecule has 0 aromatic carbocycles. The van der Waals surface area contributed by atoms with Crippen molar-refractivity contribution < 1.29 is 8.95 Å². The van der Waals surface area contributed by atoms with Crippen LogP contribution in [-0.2, 0) is 22.1 Å². The fraction of sp³-hybridized carbons (Fsp3) is 0.769. The van der Waals surface area contributed by atoms with Crippen LogP contribution in [0, 0.1) is 6.92 Å². The third-order valence-corrected chi connectivity index (χ3v) is 4.03. The topological polar surface area (TPSA) is 56.1 Å². The monoisotopic (exact) mass is 287 g/mol. The van der Waals surface area contributed by atoms with E-state index in [4.69, 9.17) is 4.74 Å². The smallest absolute Gasteiger partial charge is 0.203 e. The highest BCUT2D eigenvalue weighted by Gasteiger charge is 2.05. The molecule has 0 spiro atoms. The van der Waals surface area contributed by atoms with Gasteiger partial charge in [-0.25, -0.2) is 4.98 Å². The Kier molecular flexibility index (Phi) is 7.74. The lowest BCUT2D eigenvalue weighted by molar-refractivity contribution is 0.142. The summed E-state index contributed by atoms with van der Waals surface area (Å²) in [7, 11) is -0.728. The van der Waals surface area contributed by atoms with Crippen LogP contribution in [0.15, 0.2) is 6.20 Å². The maximum Gasteiger partial charge on any atom is 0.203 e. The molecule has 1 aromatic rings. The lowest BCUT2D eigenvalue weighted by Gasteiger charge is -2.09. The lowest BCUT2D eigenvalue weighted by atomic mass is 10.4. The van der Waals surface area contributed by atoms with E-state index in [0.29, 0.717) is 18.1 Å². The largest absolute Gasteiger partial charge is 0.382 e. The predicted octanol–water partition coefficient (Wildman–Crippen LogP) is 1.80.